The Morgan fingerprint density at radius 1 is 0.550 bits per heavy atom. The second kappa shape index (κ2) is 21.3. The van der Waals surface area contributed by atoms with Gasteiger partial charge in [-0.15, -0.1) is 13.2 Å². The Labute approximate surface area is 370 Å². The van der Waals surface area contributed by atoms with Crippen LogP contribution in [0.5, 0.6) is 0 Å². The number of hydrogen-bond donors (Lipinski definition) is 3. The first kappa shape index (κ1) is 60.3. The molecule has 0 fully saturated rings. The van der Waals surface area contributed by atoms with Gasteiger partial charge in [-0.1, -0.05) is 137 Å². The van der Waals surface area contributed by atoms with Gasteiger partial charge in [0.25, 0.3) is 0 Å². The van der Waals surface area contributed by atoms with E-state index in [0.29, 0.717) is 0 Å². The van der Waals surface area contributed by atoms with Crippen LogP contribution in [-0.2, 0) is 32.5 Å². The van der Waals surface area contributed by atoms with E-state index in [1.165, 1.54) is 0 Å². The molecule has 0 aliphatic rings. The number of carboxylic acids is 2. The fraction of sp³-hybridized carbons (Fsp3) is 0.830. The molecule has 0 rings (SSSR count). The molecule has 0 heterocycles. The van der Waals surface area contributed by atoms with E-state index in [9.17, 15) is 29.4 Å². The first-order valence-electron chi connectivity index (χ1n) is 21.7. The third-order valence-electron chi connectivity index (χ3n) is 14.2. The number of Topliss-reactive ketones (excluding diaryl/α,β-unsaturated/α-hetero) is 2. The summed E-state index contributed by atoms with van der Waals surface area (Å²) in [6, 6.07) is 0. The second-order valence-electron chi connectivity index (χ2n) is 23.6. The quantitative estimate of drug-likeness (QED) is 0.0706. The number of ketones is 2. The maximum atomic E-state index is 14.0. The molecule has 0 aliphatic carbocycles. The lowest BCUT2D eigenvalue weighted by Gasteiger charge is -2.47. The van der Waals surface area contributed by atoms with Crippen molar-refractivity contribution in [3.8, 4) is 0 Å². The van der Waals surface area contributed by atoms with Crippen molar-refractivity contribution in [1.29, 1.82) is 0 Å². The van der Waals surface area contributed by atoms with Gasteiger partial charge in [-0.2, -0.15) is 0 Å². The van der Waals surface area contributed by atoms with Crippen LogP contribution < -0.4 is 0 Å². The second-order valence-corrected chi connectivity index (χ2v) is 37.8. The summed E-state index contributed by atoms with van der Waals surface area (Å²) in [5.41, 5.74) is -3.12. The normalized spacial score (nSPS) is 17.5. The van der Waals surface area contributed by atoms with Crippen LogP contribution in [0.15, 0.2) is 25.3 Å². The number of carbonyl (C=O) groups is 4. The molecular formula is C47H92O10Si3. The van der Waals surface area contributed by atoms with Gasteiger partial charge in [-0.25, -0.2) is 0 Å². The molecule has 0 amide bonds. The van der Waals surface area contributed by atoms with Crippen molar-refractivity contribution in [2.75, 3.05) is 0 Å². The van der Waals surface area contributed by atoms with Gasteiger partial charge in [0.2, 0.25) is 0 Å². The number of rotatable bonds is 22. The summed E-state index contributed by atoms with van der Waals surface area (Å²) in [6.45, 7) is 56.4. The van der Waals surface area contributed by atoms with Crippen molar-refractivity contribution < 1.29 is 47.8 Å². The van der Waals surface area contributed by atoms with Crippen LogP contribution in [0.1, 0.15) is 137 Å². The molecule has 0 bridgehead atoms. The number of aliphatic hydroxyl groups is 1. The number of hydrogen-bond acceptors (Lipinski definition) is 8. The van der Waals surface area contributed by atoms with Gasteiger partial charge in [0, 0.05) is 16.7 Å². The van der Waals surface area contributed by atoms with Crippen LogP contribution in [-0.4, -0.2) is 88.2 Å². The largest absolute Gasteiger partial charge is 0.481 e. The smallest absolute Gasteiger partial charge is 0.306 e. The maximum absolute atomic E-state index is 14.0. The molecule has 0 spiro atoms. The Morgan fingerprint density at radius 3 is 1.23 bits per heavy atom. The van der Waals surface area contributed by atoms with E-state index in [1.807, 2.05) is 54.5 Å². The zero-order valence-corrected chi connectivity index (χ0v) is 45.7. The van der Waals surface area contributed by atoms with Gasteiger partial charge in [-0.3, -0.25) is 19.2 Å². The molecule has 10 nitrogen and oxygen atoms in total. The first-order chi connectivity index (χ1) is 26.2. The monoisotopic (exact) mass is 901 g/mol. The summed E-state index contributed by atoms with van der Waals surface area (Å²) in [4.78, 5) is 50.2. The van der Waals surface area contributed by atoms with Crippen LogP contribution in [0.25, 0.3) is 0 Å². The number of aliphatic hydroxyl groups excluding tert-OH is 1. The molecule has 0 radical (unpaired) electrons. The summed E-state index contributed by atoms with van der Waals surface area (Å²) in [7, 11) is -6.62. The third kappa shape index (κ3) is 15.8. The Balaban J connectivity index is 0. The van der Waals surface area contributed by atoms with Crippen molar-refractivity contribution in [3.63, 3.8) is 0 Å². The molecule has 7 atom stereocenters. The van der Waals surface area contributed by atoms with Crippen molar-refractivity contribution in [3.05, 3.63) is 25.3 Å². The zero-order valence-electron chi connectivity index (χ0n) is 42.7. The van der Waals surface area contributed by atoms with E-state index in [2.05, 4.69) is 115 Å². The zero-order chi connectivity index (χ0) is 48.8. The van der Waals surface area contributed by atoms with Gasteiger partial charge >= 0.3 is 11.9 Å². The van der Waals surface area contributed by atoms with Crippen LogP contribution in [0.4, 0.5) is 0 Å². The maximum Gasteiger partial charge on any atom is 0.306 e. The Kier molecular flexibility index (Phi) is 21.4. The highest BCUT2D eigenvalue weighted by Gasteiger charge is 2.53. The van der Waals surface area contributed by atoms with Crippen molar-refractivity contribution in [1.82, 2.24) is 0 Å². The Bertz CT molecular complexity index is 1470. The molecule has 352 valence electrons. The predicted molar refractivity (Wildman–Crippen MR) is 256 cm³/mol. The van der Waals surface area contributed by atoms with Gasteiger partial charge in [-0.05, 0) is 66.2 Å². The van der Waals surface area contributed by atoms with Crippen LogP contribution in [0.3, 0.4) is 0 Å². The lowest BCUT2D eigenvalue weighted by atomic mass is 9.66. The van der Waals surface area contributed by atoms with E-state index < -0.39 is 83.8 Å². The summed E-state index contributed by atoms with van der Waals surface area (Å²) in [5, 5.41) is 28.9. The minimum Gasteiger partial charge on any atom is -0.481 e. The van der Waals surface area contributed by atoms with Crippen molar-refractivity contribution >= 4 is 48.5 Å². The highest BCUT2D eigenvalue weighted by Crippen LogP contribution is 2.46. The minimum atomic E-state index is -2.30. The Hall–Kier alpha value is -1.75. The molecule has 0 saturated carbocycles. The van der Waals surface area contributed by atoms with E-state index in [1.54, 1.807) is 19.9 Å². The first-order valence-corrected chi connectivity index (χ1v) is 30.5. The van der Waals surface area contributed by atoms with Crippen LogP contribution >= 0.6 is 0 Å². The SMILES string of the molecule is C=C[C@H](C)[C@@H](O[Si](C)(C)C(C)(C)C)C(C)(C)C(=O)C(C)(C)[C@@H](O)CC(=O)O.C=C[C@H](C)[C@@H](O[Si](C)(C)C(C)(C)C)C(C)C(=O)C(C)(C)[C@@H](CC(=O)O)O[Si](C)(C)C(C)(C)C. The molecule has 0 aromatic heterocycles. The molecule has 0 aliphatic heterocycles. The average Bonchev–Trinajstić information content (AvgIpc) is 3.05. The highest BCUT2D eigenvalue weighted by atomic mass is 28.4. The van der Waals surface area contributed by atoms with E-state index in [4.69, 9.17) is 18.4 Å². The summed E-state index contributed by atoms with van der Waals surface area (Å²) in [5.74, 6) is -2.85. The molecule has 0 saturated heterocycles. The fourth-order valence-corrected chi connectivity index (χ4v) is 10.8. The number of aliphatic carboxylic acids is 2. The molecule has 0 aromatic rings. The summed E-state index contributed by atoms with van der Waals surface area (Å²) in [6.07, 6.45) is 0.228. The lowest BCUT2D eigenvalue weighted by Crippen LogP contribution is -2.56. The molecular weight excluding hydrogens is 809 g/mol. The van der Waals surface area contributed by atoms with E-state index in [-0.39, 0.29) is 51.0 Å². The standard InChI is InChI=1S/C26H52O5Si2.C21H40O5Si/c1-16-18(2)22(31-33(14,15)25(7,8)9)19(3)23(29)26(10,11)20(17-21(27)28)30-32(12,13)24(4,5)6;1-12-14(2)17(26-27(10,11)19(3,4)5)21(8,9)18(25)20(6,7)15(22)13-16(23)24/h16,18-20,22H,1,17H2,2-15H3,(H,27,28);12,14-15,17,22H,1,13H2,2-11H3,(H,23,24)/t18-,19?,20+,22+;14-,15-,17+/m00/s1. The van der Waals surface area contributed by atoms with Gasteiger partial charge in [0.05, 0.1) is 42.7 Å². The summed E-state index contributed by atoms with van der Waals surface area (Å²) >= 11 is 0. The molecule has 1 unspecified atom stereocenters. The van der Waals surface area contributed by atoms with E-state index in [0.717, 1.165) is 0 Å². The van der Waals surface area contributed by atoms with Crippen LogP contribution in [0.2, 0.25) is 54.4 Å². The van der Waals surface area contributed by atoms with Gasteiger partial charge < -0.3 is 28.6 Å². The minimum absolute atomic E-state index is 0.00170. The van der Waals surface area contributed by atoms with Gasteiger partial charge in [0.15, 0.2) is 25.0 Å². The van der Waals surface area contributed by atoms with Crippen molar-refractivity contribution in [2.24, 2.45) is 34.0 Å². The number of carboxylic acid groups (broad SMARTS) is 2. The third-order valence-corrected chi connectivity index (χ3v) is 27.7. The average molecular weight is 902 g/mol. The Morgan fingerprint density at radius 2 is 0.900 bits per heavy atom. The molecule has 0 aromatic carbocycles. The fourth-order valence-electron chi connectivity index (χ4n) is 6.41. The topological polar surface area (TPSA) is 157 Å². The van der Waals surface area contributed by atoms with Crippen molar-refractivity contribution in [2.45, 2.75) is 216 Å². The highest BCUT2D eigenvalue weighted by molar-refractivity contribution is 6.75. The molecule has 3 N–H and O–H groups in total. The predicted octanol–water partition coefficient (Wildman–Crippen LogP) is 12.0. The van der Waals surface area contributed by atoms with Gasteiger partial charge in [0.1, 0.15) is 11.6 Å². The summed E-state index contributed by atoms with van der Waals surface area (Å²) < 4.78 is 19.9. The van der Waals surface area contributed by atoms with Crippen LogP contribution in [0, 0.1) is 34.0 Å². The lowest BCUT2D eigenvalue weighted by molar-refractivity contribution is -0.152. The molecule has 60 heavy (non-hydrogen) atoms. The van der Waals surface area contributed by atoms with E-state index >= 15 is 0 Å². The number of carbonyl (C=O) groups excluding carboxylic acids is 2. The molecule has 13 heteroatoms.